The first-order valence-corrected chi connectivity index (χ1v) is 9.30. The molecule has 0 bridgehead atoms. The Morgan fingerprint density at radius 3 is 1.87 bits per heavy atom. The number of nitrogens with two attached hydrogens (primary N) is 1. The molecule has 3 amide bonds. The lowest BCUT2D eigenvalue weighted by Crippen LogP contribution is -2.32. The number of ether oxygens (including phenoxy) is 1. The minimum absolute atomic E-state index is 0.175. The molecule has 0 aromatic heterocycles. The van der Waals surface area contributed by atoms with Crippen LogP contribution in [-0.4, -0.2) is 24.3 Å². The Kier molecular flexibility index (Phi) is 6.67. The van der Waals surface area contributed by atoms with Gasteiger partial charge in [0.15, 0.2) is 0 Å². The Morgan fingerprint density at radius 1 is 0.800 bits per heavy atom. The maximum absolute atomic E-state index is 12.2. The Labute approximate surface area is 177 Å². The van der Waals surface area contributed by atoms with Gasteiger partial charge >= 0.3 is 0 Å². The van der Waals surface area contributed by atoms with E-state index in [4.69, 9.17) is 22.1 Å². The number of anilines is 1. The van der Waals surface area contributed by atoms with Crippen molar-refractivity contribution in [1.82, 2.24) is 5.32 Å². The fourth-order valence-electron chi connectivity index (χ4n) is 2.50. The van der Waals surface area contributed by atoms with Crippen LogP contribution in [-0.2, 0) is 4.79 Å². The second-order valence-corrected chi connectivity index (χ2v) is 6.69. The summed E-state index contributed by atoms with van der Waals surface area (Å²) in [5.41, 5.74) is 6.55. The first-order valence-electron chi connectivity index (χ1n) is 8.92. The summed E-state index contributed by atoms with van der Waals surface area (Å²) >= 11 is 5.80. The zero-order valence-corrected chi connectivity index (χ0v) is 16.5. The van der Waals surface area contributed by atoms with E-state index in [0.717, 1.165) is 0 Å². The van der Waals surface area contributed by atoms with Crippen molar-refractivity contribution in [1.29, 1.82) is 0 Å². The summed E-state index contributed by atoms with van der Waals surface area (Å²) in [7, 11) is 0. The van der Waals surface area contributed by atoms with Crippen molar-refractivity contribution in [2.45, 2.75) is 0 Å². The van der Waals surface area contributed by atoms with Crippen LogP contribution in [0.15, 0.2) is 72.8 Å². The van der Waals surface area contributed by atoms with Gasteiger partial charge in [0.05, 0.1) is 6.54 Å². The number of halogens is 1. The summed E-state index contributed by atoms with van der Waals surface area (Å²) in [6, 6.07) is 19.5. The molecule has 0 aliphatic carbocycles. The Balaban J connectivity index is 1.51. The molecule has 0 fully saturated rings. The number of carbonyl (C=O) groups excluding carboxylic acids is 3. The SMILES string of the molecule is NC(=O)c1ccc(Oc2ccc(C(=O)NCC(=O)Nc3ccc(Cl)cc3)cc2)cc1. The Bertz CT molecular complexity index is 1050. The quantitative estimate of drug-likeness (QED) is 0.539. The van der Waals surface area contributed by atoms with Gasteiger partial charge < -0.3 is 21.1 Å². The predicted molar refractivity (Wildman–Crippen MR) is 114 cm³/mol. The molecule has 30 heavy (non-hydrogen) atoms. The van der Waals surface area contributed by atoms with Crippen molar-refractivity contribution in [2.24, 2.45) is 5.73 Å². The number of nitrogens with one attached hydrogen (secondary N) is 2. The molecule has 4 N–H and O–H groups in total. The van der Waals surface area contributed by atoms with E-state index in [-0.39, 0.29) is 12.5 Å². The van der Waals surface area contributed by atoms with E-state index in [0.29, 0.717) is 33.3 Å². The lowest BCUT2D eigenvalue weighted by atomic mass is 10.2. The van der Waals surface area contributed by atoms with Crippen LogP contribution >= 0.6 is 11.6 Å². The summed E-state index contributed by atoms with van der Waals surface area (Å²) in [4.78, 5) is 35.3. The molecule has 3 aromatic rings. The van der Waals surface area contributed by atoms with Crippen LogP contribution in [0.5, 0.6) is 11.5 Å². The highest BCUT2D eigenvalue weighted by Crippen LogP contribution is 2.22. The summed E-state index contributed by atoms with van der Waals surface area (Å²) in [5, 5.41) is 5.78. The van der Waals surface area contributed by atoms with E-state index < -0.39 is 11.8 Å². The predicted octanol–water partition coefficient (Wildman–Crippen LogP) is 3.60. The fourth-order valence-corrected chi connectivity index (χ4v) is 2.62. The van der Waals surface area contributed by atoms with Gasteiger partial charge in [-0.25, -0.2) is 0 Å². The minimum atomic E-state index is -0.515. The molecule has 0 atom stereocenters. The number of benzene rings is 3. The smallest absolute Gasteiger partial charge is 0.251 e. The van der Waals surface area contributed by atoms with Crippen molar-refractivity contribution < 1.29 is 19.1 Å². The molecule has 152 valence electrons. The van der Waals surface area contributed by atoms with Crippen LogP contribution in [0.25, 0.3) is 0 Å². The molecule has 0 spiro atoms. The van der Waals surface area contributed by atoms with Crippen molar-refractivity contribution in [2.75, 3.05) is 11.9 Å². The molecule has 0 heterocycles. The number of hydrogen-bond donors (Lipinski definition) is 3. The van der Waals surface area contributed by atoms with Crippen LogP contribution < -0.4 is 21.1 Å². The molecule has 0 aliphatic rings. The summed E-state index contributed by atoms with van der Waals surface area (Å²) in [5.74, 6) is -0.225. The van der Waals surface area contributed by atoms with Crippen LogP contribution in [0.3, 0.4) is 0 Å². The minimum Gasteiger partial charge on any atom is -0.457 e. The second kappa shape index (κ2) is 9.58. The lowest BCUT2D eigenvalue weighted by Gasteiger charge is -2.09. The van der Waals surface area contributed by atoms with Gasteiger partial charge in [-0.1, -0.05) is 11.6 Å². The molecule has 3 aromatic carbocycles. The molecule has 0 aliphatic heterocycles. The third kappa shape index (κ3) is 5.83. The molecule has 0 unspecified atom stereocenters. The van der Waals surface area contributed by atoms with E-state index in [1.165, 1.54) is 0 Å². The summed E-state index contributed by atoms with van der Waals surface area (Å²) < 4.78 is 5.66. The number of carbonyl (C=O) groups is 3. The van der Waals surface area contributed by atoms with E-state index in [9.17, 15) is 14.4 Å². The van der Waals surface area contributed by atoms with Gasteiger partial charge in [-0.2, -0.15) is 0 Å². The van der Waals surface area contributed by atoms with Gasteiger partial charge in [0, 0.05) is 21.8 Å². The standard InChI is InChI=1S/C22H18ClN3O4/c23-16-5-7-17(8-6-16)26-20(27)13-25-22(29)15-3-11-19(12-4-15)30-18-9-1-14(2-10-18)21(24)28/h1-12H,13H2,(H2,24,28)(H,25,29)(H,26,27). The first-order chi connectivity index (χ1) is 14.4. The lowest BCUT2D eigenvalue weighted by molar-refractivity contribution is -0.115. The second-order valence-electron chi connectivity index (χ2n) is 6.25. The van der Waals surface area contributed by atoms with Gasteiger partial charge in [0.1, 0.15) is 11.5 Å². The Morgan fingerprint density at radius 2 is 1.33 bits per heavy atom. The van der Waals surface area contributed by atoms with Gasteiger partial charge in [0.2, 0.25) is 11.8 Å². The third-order valence-corrected chi connectivity index (χ3v) is 4.28. The van der Waals surface area contributed by atoms with E-state index >= 15 is 0 Å². The summed E-state index contributed by atoms with van der Waals surface area (Å²) in [6.07, 6.45) is 0. The molecule has 7 nitrogen and oxygen atoms in total. The highest BCUT2D eigenvalue weighted by Gasteiger charge is 2.09. The van der Waals surface area contributed by atoms with Gasteiger partial charge in [-0.15, -0.1) is 0 Å². The van der Waals surface area contributed by atoms with Gasteiger partial charge in [0.25, 0.3) is 5.91 Å². The van der Waals surface area contributed by atoms with Gasteiger partial charge in [-0.3, -0.25) is 14.4 Å². The third-order valence-electron chi connectivity index (χ3n) is 4.03. The number of rotatable bonds is 7. The van der Waals surface area contributed by atoms with Gasteiger partial charge in [-0.05, 0) is 72.8 Å². The van der Waals surface area contributed by atoms with Crippen molar-refractivity contribution in [3.8, 4) is 11.5 Å². The first kappa shape index (κ1) is 20.9. The zero-order valence-electron chi connectivity index (χ0n) is 15.7. The number of hydrogen-bond acceptors (Lipinski definition) is 4. The molecule has 0 radical (unpaired) electrons. The Hall–Kier alpha value is -3.84. The molecule has 3 rings (SSSR count). The normalized spacial score (nSPS) is 10.2. The fraction of sp³-hybridized carbons (Fsp3) is 0.0455. The van der Waals surface area contributed by atoms with E-state index in [1.807, 2.05) is 0 Å². The molecular weight excluding hydrogens is 406 g/mol. The van der Waals surface area contributed by atoms with Crippen molar-refractivity contribution in [3.05, 3.63) is 88.9 Å². The number of primary amides is 1. The molecule has 8 heteroatoms. The van der Waals surface area contributed by atoms with E-state index in [1.54, 1.807) is 72.8 Å². The highest BCUT2D eigenvalue weighted by atomic mass is 35.5. The molecular formula is C22H18ClN3O4. The van der Waals surface area contributed by atoms with Crippen molar-refractivity contribution >= 4 is 35.0 Å². The van der Waals surface area contributed by atoms with Crippen LogP contribution in [0.4, 0.5) is 5.69 Å². The zero-order chi connectivity index (χ0) is 21.5. The molecule has 0 saturated carbocycles. The average Bonchev–Trinajstić information content (AvgIpc) is 2.74. The maximum atomic E-state index is 12.2. The van der Waals surface area contributed by atoms with Crippen LogP contribution in [0.2, 0.25) is 5.02 Å². The average molecular weight is 424 g/mol. The topological polar surface area (TPSA) is 111 Å². The molecule has 0 saturated heterocycles. The number of amides is 3. The summed E-state index contributed by atoms with van der Waals surface area (Å²) in [6.45, 7) is -0.175. The van der Waals surface area contributed by atoms with Crippen molar-refractivity contribution in [3.63, 3.8) is 0 Å². The van der Waals surface area contributed by atoms with E-state index in [2.05, 4.69) is 10.6 Å². The largest absolute Gasteiger partial charge is 0.457 e. The monoisotopic (exact) mass is 423 g/mol. The van der Waals surface area contributed by atoms with Crippen LogP contribution in [0, 0.1) is 0 Å². The maximum Gasteiger partial charge on any atom is 0.251 e. The van der Waals surface area contributed by atoms with Crippen LogP contribution in [0.1, 0.15) is 20.7 Å². The highest BCUT2D eigenvalue weighted by molar-refractivity contribution is 6.30.